The number of methoxy groups -OCH3 is 1. The van der Waals surface area contributed by atoms with E-state index in [-0.39, 0.29) is 11.9 Å². The highest BCUT2D eigenvalue weighted by Crippen LogP contribution is 2.20. The van der Waals surface area contributed by atoms with E-state index < -0.39 is 0 Å². The summed E-state index contributed by atoms with van der Waals surface area (Å²) in [6.45, 7) is 6.90. The van der Waals surface area contributed by atoms with Gasteiger partial charge in [-0.15, -0.1) is 0 Å². The van der Waals surface area contributed by atoms with E-state index in [4.69, 9.17) is 9.15 Å². The first-order valence-corrected chi connectivity index (χ1v) is 8.33. The zero-order chi connectivity index (χ0) is 17.4. The average Bonchev–Trinajstić information content (AvgIpc) is 3.13. The Morgan fingerprint density at radius 3 is 2.58 bits per heavy atom. The van der Waals surface area contributed by atoms with E-state index in [1.165, 1.54) is 0 Å². The largest absolute Gasteiger partial charge is 0.468 e. The fourth-order valence-electron chi connectivity index (χ4n) is 2.86. The monoisotopic (exact) mass is 330 g/mol. The summed E-state index contributed by atoms with van der Waals surface area (Å²) >= 11 is 0. The van der Waals surface area contributed by atoms with Gasteiger partial charge in [0, 0.05) is 19.2 Å². The number of amides is 1. The molecule has 5 nitrogen and oxygen atoms in total. The Labute approximate surface area is 143 Å². The lowest BCUT2D eigenvalue weighted by atomic mass is 10.1. The molecule has 5 heteroatoms. The lowest BCUT2D eigenvalue weighted by Crippen LogP contribution is -2.38. The number of hydrogen-bond acceptors (Lipinski definition) is 4. The molecule has 24 heavy (non-hydrogen) atoms. The van der Waals surface area contributed by atoms with Crippen molar-refractivity contribution in [3.63, 3.8) is 0 Å². The number of likely N-dealkylation sites (N-methyl/N-ethyl adjacent to an activating group) is 1. The van der Waals surface area contributed by atoms with Crippen LogP contribution in [0.4, 0.5) is 0 Å². The average molecular weight is 330 g/mol. The molecule has 0 aliphatic rings. The highest BCUT2D eigenvalue weighted by molar-refractivity contribution is 5.95. The van der Waals surface area contributed by atoms with Gasteiger partial charge >= 0.3 is 0 Å². The first-order valence-electron chi connectivity index (χ1n) is 8.33. The Bertz CT molecular complexity index is 621. The molecule has 1 atom stereocenters. The molecule has 130 valence electrons. The maximum Gasteiger partial charge on any atom is 0.251 e. The Morgan fingerprint density at radius 2 is 1.96 bits per heavy atom. The second-order valence-corrected chi connectivity index (χ2v) is 5.55. The highest BCUT2D eigenvalue weighted by Gasteiger charge is 2.22. The summed E-state index contributed by atoms with van der Waals surface area (Å²) in [6, 6.07) is 11.4. The molecule has 0 radical (unpaired) electrons. The number of ether oxygens (including phenoxy) is 1. The van der Waals surface area contributed by atoms with Crippen LogP contribution in [0.5, 0.6) is 0 Å². The molecule has 0 bridgehead atoms. The summed E-state index contributed by atoms with van der Waals surface area (Å²) in [5, 5.41) is 3.04. The van der Waals surface area contributed by atoms with Crippen molar-refractivity contribution < 1.29 is 13.9 Å². The maximum atomic E-state index is 12.6. The second kappa shape index (κ2) is 9.25. The van der Waals surface area contributed by atoms with Crippen LogP contribution in [0.15, 0.2) is 47.1 Å². The quantitative estimate of drug-likeness (QED) is 0.767. The van der Waals surface area contributed by atoms with Crippen molar-refractivity contribution in [3.05, 3.63) is 59.5 Å². The van der Waals surface area contributed by atoms with E-state index in [0.717, 1.165) is 24.4 Å². The molecule has 1 heterocycles. The van der Waals surface area contributed by atoms with Crippen molar-refractivity contribution >= 4 is 5.91 Å². The first-order chi connectivity index (χ1) is 11.7. The third kappa shape index (κ3) is 4.46. The Kier molecular flexibility index (Phi) is 7.03. The highest BCUT2D eigenvalue weighted by atomic mass is 16.5. The summed E-state index contributed by atoms with van der Waals surface area (Å²) in [5.41, 5.74) is 1.53. The van der Waals surface area contributed by atoms with Crippen molar-refractivity contribution in [3.8, 4) is 0 Å². The molecule has 0 spiro atoms. The molecule has 0 saturated heterocycles. The van der Waals surface area contributed by atoms with Crippen LogP contribution < -0.4 is 5.32 Å². The van der Waals surface area contributed by atoms with Gasteiger partial charge in [-0.1, -0.05) is 32.0 Å². The normalized spacial score (nSPS) is 12.3. The summed E-state index contributed by atoms with van der Waals surface area (Å²) < 4.78 is 10.7. The zero-order valence-electron chi connectivity index (χ0n) is 14.6. The number of carbonyl (C=O) groups is 1. The summed E-state index contributed by atoms with van der Waals surface area (Å²) in [5.74, 6) is 0.774. The van der Waals surface area contributed by atoms with Crippen LogP contribution in [0.1, 0.15) is 41.6 Å². The van der Waals surface area contributed by atoms with Crippen molar-refractivity contribution in [2.24, 2.45) is 0 Å². The molecular formula is C19H26N2O3. The fraction of sp³-hybridized carbons (Fsp3) is 0.421. The van der Waals surface area contributed by atoms with Crippen LogP contribution >= 0.6 is 0 Å². The summed E-state index contributed by atoms with van der Waals surface area (Å²) in [4.78, 5) is 14.9. The topological polar surface area (TPSA) is 54.7 Å². The lowest BCUT2D eigenvalue weighted by molar-refractivity contribution is 0.0925. The Morgan fingerprint density at radius 1 is 1.21 bits per heavy atom. The van der Waals surface area contributed by atoms with E-state index in [9.17, 15) is 4.79 Å². The summed E-state index contributed by atoms with van der Waals surface area (Å²) in [6.07, 6.45) is 1.67. The smallest absolute Gasteiger partial charge is 0.251 e. The van der Waals surface area contributed by atoms with E-state index in [1.807, 2.05) is 36.4 Å². The van der Waals surface area contributed by atoms with Gasteiger partial charge in [0.25, 0.3) is 5.91 Å². The molecule has 0 aliphatic carbocycles. The van der Waals surface area contributed by atoms with E-state index in [2.05, 4.69) is 24.1 Å². The minimum Gasteiger partial charge on any atom is -0.468 e. The van der Waals surface area contributed by atoms with Crippen molar-refractivity contribution in [1.29, 1.82) is 0 Å². The van der Waals surface area contributed by atoms with Crippen molar-refractivity contribution in [2.75, 3.05) is 26.7 Å². The number of nitrogens with zero attached hydrogens (tertiary/aromatic N) is 1. The molecule has 0 saturated carbocycles. The van der Waals surface area contributed by atoms with Crippen LogP contribution in [0.2, 0.25) is 0 Å². The van der Waals surface area contributed by atoms with Crippen molar-refractivity contribution in [2.45, 2.75) is 26.5 Å². The van der Waals surface area contributed by atoms with Gasteiger partial charge in [0.15, 0.2) is 0 Å². The van der Waals surface area contributed by atoms with Crippen LogP contribution in [0.3, 0.4) is 0 Å². The number of rotatable bonds is 9. The third-order valence-electron chi connectivity index (χ3n) is 4.14. The van der Waals surface area contributed by atoms with Gasteiger partial charge in [0.1, 0.15) is 5.76 Å². The third-order valence-corrected chi connectivity index (χ3v) is 4.14. The van der Waals surface area contributed by atoms with E-state index in [1.54, 1.807) is 13.4 Å². The van der Waals surface area contributed by atoms with Crippen molar-refractivity contribution in [1.82, 2.24) is 10.2 Å². The van der Waals surface area contributed by atoms with Crippen LogP contribution in [0.25, 0.3) is 0 Å². The van der Waals surface area contributed by atoms with Crippen LogP contribution in [-0.4, -0.2) is 37.6 Å². The van der Waals surface area contributed by atoms with Gasteiger partial charge in [-0.25, -0.2) is 0 Å². The number of nitrogens with one attached hydrogen (secondary N) is 1. The van der Waals surface area contributed by atoms with Gasteiger partial charge in [0.2, 0.25) is 0 Å². The first kappa shape index (κ1) is 18.2. The number of carbonyl (C=O) groups excluding carboxylic acids is 1. The summed E-state index contributed by atoms with van der Waals surface area (Å²) in [7, 11) is 1.63. The molecule has 1 amide bonds. The SMILES string of the molecule is CCN(CC)[C@@H](CNC(=O)c1ccccc1COC)c1ccco1. The lowest BCUT2D eigenvalue weighted by Gasteiger charge is -2.28. The minimum absolute atomic E-state index is 0.0218. The molecular weight excluding hydrogens is 304 g/mol. The standard InChI is InChI=1S/C19H26N2O3/c1-4-21(5-2)17(18-11-8-12-24-18)13-20-19(22)16-10-7-6-9-15(16)14-23-3/h6-12,17H,4-5,13-14H2,1-3H3,(H,20,22)/t17-/m0/s1. The number of benzene rings is 1. The molecule has 2 aromatic rings. The van der Waals surface area contributed by atoms with Gasteiger partial charge in [-0.3, -0.25) is 9.69 Å². The molecule has 1 aromatic heterocycles. The fourth-order valence-corrected chi connectivity index (χ4v) is 2.86. The van der Waals surface area contributed by atoms with Gasteiger partial charge in [-0.2, -0.15) is 0 Å². The zero-order valence-corrected chi connectivity index (χ0v) is 14.6. The molecule has 1 N–H and O–H groups in total. The van der Waals surface area contributed by atoms with Gasteiger partial charge in [-0.05, 0) is 36.9 Å². The van der Waals surface area contributed by atoms with E-state index in [0.29, 0.717) is 18.7 Å². The molecule has 1 aromatic carbocycles. The van der Waals surface area contributed by atoms with Crippen LogP contribution in [0, 0.1) is 0 Å². The maximum absolute atomic E-state index is 12.6. The Balaban J connectivity index is 2.10. The molecule has 0 unspecified atom stereocenters. The predicted molar refractivity (Wildman–Crippen MR) is 93.9 cm³/mol. The van der Waals surface area contributed by atoms with Gasteiger partial charge < -0.3 is 14.5 Å². The van der Waals surface area contributed by atoms with E-state index >= 15 is 0 Å². The van der Waals surface area contributed by atoms with Gasteiger partial charge in [0.05, 0.1) is 18.9 Å². The minimum atomic E-state index is -0.0913. The molecule has 2 rings (SSSR count). The number of hydrogen-bond donors (Lipinski definition) is 1. The molecule has 0 fully saturated rings. The second-order valence-electron chi connectivity index (χ2n) is 5.55. The number of furan rings is 1. The Hall–Kier alpha value is -2.11. The predicted octanol–water partition coefficient (Wildman–Crippen LogP) is 3.24. The molecule has 0 aliphatic heterocycles. The van der Waals surface area contributed by atoms with Crippen LogP contribution in [-0.2, 0) is 11.3 Å².